The minimum Gasteiger partial charge on any atom is -0.478 e. The van der Waals surface area contributed by atoms with Crippen LogP contribution in [0.15, 0.2) is 24.4 Å². The van der Waals surface area contributed by atoms with E-state index in [1.807, 2.05) is 0 Å². The molecule has 0 saturated carbocycles. The highest BCUT2D eigenvalue weighted by Crippen LogP contribution is 2.21. The summed E-state index contributed by atoms with van der Waals surface area (Å²) < 4.78 is 13.4. The van der Waals surface area contributed by atoms with Gasteiger partial charge in [0.05, 0.1) is 10.6 Å². The maximum absolute atomic E-state index is 13.4. The average Bonchev–Trinajstić information content (AvgIpc) is 2.16. The minimum absolute atomic E-state index is 0.115. The quantitative estimate of drug-likeness (QED) is 0.812. The van der Waals surface area contributed by atoms with Gasteiger partial charge in [-0.15, -0.1) is 0 Å². The summed E-state index contributed by atoms with van der Waals surface area (Å²) >= 11 is 5.67. The van der Waals surface area contributed by atoms with Gasteiger partial charge in [-0.2, -0.15) is 0 Å². The average molecular weight is 226 g/mol. The van der Waals surface area contributed by atoms with E-state index in [4.69, 9.17) is 16.7 Å². The molecule has 1 heterocycles. The first kappa shape index (κ1) is 9.86. The molecule has 0 unspecified atom stereocenters. The number of aromatic carboxylic acids is 1. The molecule has 0 aliphatic heterocycles. The standard InChI is InChI=1S/C10H5ClFNO2/c11-7-2-5-1-6(10(14)15)3-8(12)9(5)13-4-7/h1-4H,(H,14,15). The molecule has 1 aromatic carbocycles. The Kier molecular flexibility index (Phi) is 2.28. The van der Waals surface area contributed by atoms with Crippen LogP contribution in [0.2, 0.25) is 5.02 Å². The summed E-state index contributed by atoms with van der Waals surface area (Å²) in [5.41, 5.74) is -0.00605. The molecule has 0 aliphatic carbocycles. The van der Waals surface area contributed by atoms with E-state index in [2.05, 4.69) is 4.98 Å². The number of hydrogen-bond donors (Lipinski definition) is 1. The van der Waals surface area contributed by atoms with E-state index in [1.54, 1.807) is 0 Å². The SMILES string of the molecule is O=C(O)c1cc(F)c2ncc(Cl)cc2c1. The van der Waals surface area contributed by atoms with Crippen molar-refractivity contribution in [1.82, 2.24) is 4.98 Å². The number of rotatable bonds is 1. The van der Waals surface area contributed by atoms with Crippen LogP contribution in [-0.2, 0) is 0 Å². The minimum atomic E-state index is -1.18. The van der Waals surface area contributed by atoms with Crippen molar-refractivity contribution in [3.63, 3.8) is 0 Å². The van der Waals surface area contributed by atoms with Gasteiger partial charge < -0.3 is 5.11 Å². The summed E-state index contributed by atoms with van der Waals surface area (Å²) in [6, 6.07) is 3.74. The summed E-state index contributed by atoms with van der Waals surface area (Å²) in [5.74, 6) is -1.85. The fraction of sp³-hybridized carbons (Fsp3) is 0. The van der Waals surface area contributed by atoms with E-state index in [0.29, 0.717) is 10.4 Å². The van der Waals surface area contributed by atoms with Gasteiger partial charge >= 0.3 is 5.97 Å². The van der Waals surface area contributed by atoms with Crippen LogP contribution in [0.3, 0.4) is 0 Å². The molecular formula is C10H5ClFNO2. The topological polar surface area (TPSA) is 50.2 Å². The fourth-order valence-electron chi connectivity index (χ4n) is 1.30. The van der Waals surface area contributed by atoms with Gasteiger partial charge in [-0.05, 0) is 18.2 Å². The second kappa shape index (κ2) is 3.47. The first-order chi connectivity index (χ1) is 7.08. The van der Waals surface area contributed by atoms with Crippen molar-refractivity contribution in [2.45, 2.75) is 0 Å². The highest BCUT2D eigenvalue weighted by molar-refractivity contribution is 6.31. The van der Waals surface area contributed by atoms with Gasteiger partial charge in [-0.1, -0.05) is 11.6 Å². The molecule has 1 aromatic heterocycles. The van der Waals surface area contributed by atoms with Crippen molar-refractivity contribution >= 4 is 28.5 Å². The van der Waals surface area contributed by atoms with Gasteiger partial charge in [0.2, 0.25) is 0 Å². The van der Waals surface area contributed by atoms with E-state index < -0.39 is 11.8 Å². The molecule has 15 heavy (non-hydrogen) atoms. The second-order valence-electron chi connectivity index (χ2n) is 2.99. The Morgan fingerprint density at radius 1 is 1.40 bits per heavy atom. The van der Waals surface area contributed by atoms with Gasteiger partial charge in [-0.25, -0.2) is 9.18 Å². The first-order valence-electron chi connectivity index (χ1n) is 4.06. The van der Waals surface area contributed by atoms with Crippen molar-refractivity contribution in [2.24, 2.45) is 0 Å². The second-order valence-corrected chi connectivity index (χ2v) is 3.42. The molecule has 0 aliphatic rings. The number of nitrogens with zero attached hydrogens (tertiary/aromatic N) is 1. The van der Waals surface area contributed by atoms with E-state index in [9.17, 15) is 9.18 Å². The zero-order valence-corrected chi connectivity index (χ0v) is 8.12. The summed E-state index contributed by atoms with van der Waals surface area (Å²) in [5, 5.41) is 9.43. The summed E-state index contributed by atoms with van der Waals surface area (Å²) in [7, 11) is 0. The molecular weight excluding hydrogens is 221 g/mol. The number of carboxylic acid groups (broad SMARTS) is 1. The number of pyridine rings is 1. The molecule has 0 atom stereocenters. The molecule has 76 valence electrons. The van der Waals surface area contributed by atoms with Gasteiger partial charge in [0.1, 0.15) is 11.3 Å². The van der Waals surface area contributed by atoms with Gasteiger partial charge in [0, 0.05) is 11.6 Å². The normalized spacial score (nSPS) is 10.5. The zero-order chi connectivity index (χ0) is 11.0. The molecule has 0 amide bonds. The monoisotopic (exact) mass is 225 g/mol. The van der Waals surface area contributed by atoms with Crippen LogP contribution in [0, 0.1) is 5.82 Å². The lowest BCUT2D eigenvalue weighted by Gasteiger charge is -2.01. The number of halogens is 2. The van der Waals surface area contributed by atoms with Crippen molar-refractivity contribution < 1.29 is 14.3 Å². The van der Waals surface area contributed by atoms with Crippen LogP contribution in [0.1, 0.15) is 10.4 Å². The number of hydrogen-bond acceptors (Lipinski definition) is 2. The molecule has 0 saturated heterocycles. The van der Waals surface area contributed by atoms with Crippen LogP contribution >= 0.6 is 11.6 Å². The van der Waals surface area contributed by atoms with Crippen molar-refractivity contribution in [3.05, 3.63) is 40.8 Å². The molecule has 2 aromatic rings. The predicted octanol–water partition coefficient (Wildman–Crippen LogP) is 2.73. The number of carboxylic acids is 1. The van der Waals surface area contributed by atoms with E-state index in [1.165, 1.54) is 18.3 Å². The Bertz CT molecular complexity index is 556. The van der Waals surface area contributed by atoms with Crippen LogP contribution in [0.4, 0.5) is 4.39 Å². The van der Waals surface area contributed by atoms with Gasteiger partial charge in [0.15, 0.2) is 0 Å². The number of carbonyl (C=O) groups is 1. The Hall–Kier alpha value is -1.68. The molecule has 0 fully saturated rings. The van der Waals surface area contributed by atoms with Crippen molar-refractivity contribution in [3.8, 4) is 0 Å². The third-order valence-electron chi connectivity index (χ3n) is 1.95. The van der Waals surface area contributed by atoms with E-state index in [0.717, 1.165) is 6.07 Å². The Balaban J connectivity index is 2.79. The largest absolute Gasteiger partial charge is 0.478 e. The van der Waals surface area contributed by atoms with E-state index >= 15 is 0 Å². The first-order valence-corrected chi connectivity index (χ1v) is 4.44. The Morgan fingerprint density at radius 2 is 2.13 bits per heavy atom. The van der Waals surface area contributed by atoms with Gasteiger partial charge in [-0.3, -0.25) is 4.98 Å². The highest BCUT2D eigenvalue weighted by Gasteiger charge is 2.09. The third-order valence-corrected chi connectivity index (χ3v) is 2.16. The van der Waals surface area contributed by atoms with Crippen molar-refractivity contribution in [1.29, 1.82) is 0 Å². The molecule has 1 N–H and O–H groups in total. The molecule has 3 nitrogen and oxygen atoms in total. The van der Waals surface area contributed by atoms with Crippen LogP contribution in [0.25, 0.3) is 10.9 Å². The fourth-order valence-corrected chi connectivity index (χ4v) is 1.47. The Labute approximate surface area is 89.1 Å². The van der Waals surface area contributed by atoms with Crippen LogP contribution in [0.5, 0.6) is 0 Å². The molecule has 0 spiro atoms. The highest BCUT2D eigenvalue weighted by atomic mass is 35.5. The lowest BCUT2D eigenvalue weighted by molar-refractivity contribution is 0.0696. The maximum atomic E-state index is 13.4. The van der Waals surface area contributed by atoms with Crippen LogP contribution in [-0.4, -0.2) is 16.1 Å². The summed E-state index contributed by atoms with van der Waals surface area (Å²) in [6.45, 7) is 0. The maximum Gasteiger partial charge on any atom is 0.335 e. The zero-order valence-electron chi connectivity index (χ0n) is 7.37. The molecule has 5 heteroatoms. The lowest BCUT2D eigenvalue weighted by atomic mass is 10.1. The van der Waals surface area contributed by atoms with Crippen LogP contribution < -0.4 is 0 Å². The number of aromatic nitrogens is 1. The van der Waals surface area contributed by atoms with Crippen molar-refractivity contribution in [2.75, 3.05) is 0 Å². The number of benzene rings is 1. The molecule has 0 bridgehead atoms. The van der Waals surface area contributed by atoms with E-state index in [-0.39, 0.29) is 11.1 Å². The predicted molar refractivity (Wildman–Crippen MR) is 53.7 cm³/mol. The van der Waals surface area contributed by atoms with Gasteiger partial charge in [0.25, 0.3) is 0 Å². The molecule has 0 radical (unpaired) electrons. The Morgan fingerprint density at radius 3 is 2.80 bits per heavy atom. The third kappa shape index (κ3) is 1.76. The summed E-state index contributed by atoms with van der Waals surface area (Å²) in [6.07, 6.45) is 1.31. The lowest BCUT2D eigenvalue weighted by Crippen LogP contribution is -1.98. The summed E-state index contributed by atoms with van der Waals surface area (Å²) in [4.78, 5) is 14.4. The number of fused-ring (bicyclic) bond motifs is 1. The molecule has 2 rings (SSSR count). The smallest absolute Gasteiger partial charge is 0.335 e.